The van der Waals surface area contributed by atoms with Crippen molar-refractivity contribution in [2.24, 2.45) is 0 Å². The zero-order chi connectivity index (χ0) is 22.1. The van der Waals surface area contributed by atoms with Gasteiger partial charge in [-0.05, 0) is 73.4 Å². The third-order valence-electron chi connectivity index (χ3n) is 5.56. The molecule has 0 saturated carbocycles. The maximum Gasteiger partial charge on any atom is 0.209 e. The molecule has 0 spiro atoms. The lowest BCUT2D eigenvalue weighted by atomic mass is 9.98. The maximum atomic E-state index is 4.62. The number of fused-ring (bicyclic) bond motifs is 1. The molecule has 6 nitrogen and oxygen atoms in total. The highest BCUT2D eigenvalue weighted by Gasteiger charge is 2.08. The summed E-state index contributed by atoms with van der Waals surface area (Å²) in [5, 5.41) is 3.44. The summed E-state index contributed by atoms with van der Waals surface area (Å²) in [4.78, 5) is 17.7. The van der Waals surface area contributed by atoms with Gasteiger partial charge in [0, 0.05) is 35.9 Å². The van der Waals surface area contributed by atoms with Crippen molar-refractivity contribution in [3.05, 3.63) is 96.0 Å². The minimum atomic E-state index is 0.681. The van der Waals surface area contributed by atoms with Crippen molar-refractivity contribution >= 4 is 11.5 Å². The Kier molecular flexibility index (Phi) is 5.11. The molecule has 0 amide bonds. The number of aryl methyl sites for hydroxylation is 3. The summed E-state index contributed by atoms with van der Waals surface area (Å²) in [5.74, 6) is 0.774. The summed E-state index contributed by atoms with van der Waals surface area (Å²) in [6.45, 7) is 6.82. The van der Waals surface area contributed by atoms with E-state index < -0.39 is 0 Å². The molecular weight excluding hydrogens is 396 g/mol. The number of benzene rings is 1. The van der Waals surface area contributed by atoms with E-state index in [0.29, 0.717) is 6.54 Å². The van der Waals surface area contributed by atoms with Crippen LogP contribution in [0.3, 0.4) is 0 Å². The Hall–Kier alpha value is -4.06. The van der Waals surface area contributed by atoms with E-state index >= 15 is 0 Å². The van der Waals surface area contributed by atoms with Crippen LogP contribution in [0.25, 0.3) is 27.9 Å². The molecule has 5 aromatic rings. The summed E-state index contributed by atoms with van der Waals surface area (Å²) in [5.41, 5.74) is 9.81. The first-order valence-corrected chi connectivity index (χ1v) is 10.6. The standard InChI is InChI=1S/C26H24N6/c1-17-10-20(4-5-24(17)21-6-8-27-18(2)11-21)14-29-26-30-15-23-13-25(31-16-32(23)26)22-7-9-28-19(3)12-22/h4-13,15-16H,14H2,1-3H3,(H,29,30). The topological polar surface area (TPSA) is 68.0 Å². The lowest BCUT2D eigenvalue weighted by Crippen LogP contribution is -2.04. The molecule has 0 bridgehead atoms. The first kappa shape index (κ1) is 19.9. The van der Waals surface area contributed by atoms with Gasteiger partial charge in [-0.25, -0.2) is 9.97 Å². The largest absolute Gasteiger partial charge is 0.351 e. The van der Waals surface area contributed by atoms with Gasteiger partial charge >= 0.3 is 0 Å². The van der Waals surface area contributed by atoms with Crippen LogP contribution in [0.2, 0.25) is 0 Å². The third-order valence-corrected chi connectivity index (χ3v) is 5.56. The van der Waals surface area contributed by atoms with Gasteiger partial charge in [0.05, 0.1) is 17.4 Å². The maximum absolute atomic E-state index is 4.62. The van der Waals surface area contributed by atoms with Gasteiger partial charge in [0.25, 0.3) is 0 Å². The van der Waals surface area contributed by atoms with E-state index in [-0.39, 0.29) is 0 Å². The molecule has 5 rings (SSSR count). The minimum Gasteiger partial charge on any atom is -0.351 e. The van der Waals surface area contributed by atoms with Crippen LogP contribution in [-0.4, -0.2) is 24.3 Å². The highest BCUT2D eigenvalue weighted by Crippen LogP contribution is 2.25. The number of hydrogen-bond acceptors (Lipinski definition) is 5. The summed E-state index contributed by atoms with van der Waals surface area (Å²) < 4.78 is 1.97. The summed E-state index contributed by atoms with van der Waals surface area (Å²) >= 11 is 0. The summed E-state index contributed by atoms with van der Waals surface area (Å²) in [6, 6.07) is 16.8. The predicted octanol–water partition coefficient (Wildman–Crippen LogP) is 5.39. The zero-order valence-corrected chi connectivity index (χ0v) is 18.4. The molecule has 1 N–H and O–H groups in total. The normalized spacial score (nSPS) is 11.1. The fourth-order valence-corrected chi connectivity index (χ4v) is 3.95. The highest BCUT2D eigenvalue weighted by atomic mass is 15.2. The zero-order valence-electron chi connectivity index (χ0n) is 18.4. The van der Waals surface area contributed by atoms with Crippen molar-refractivity contribution in [3.8, 4) is 22.4 Å². The van der Waals surface area contributed by atoms with Crippen LogP contribution in [0.5, 0.6) is 0 Å². The highest BCUT2D eigenvalue weighted by molar-refractivity contribution is 5.68. The van der Waals surface area contributed by atoms with Crippen LogP contribution < -0.4 is 5.32 Å². The van der Waals surface area contributed by atoms with Gasteiger partial charge in [0.15, 0.2) is 0 Å². The summed E-state index contributed by atoms with van der Waals surface area (Å²) in [7, 11) is 0. The first-order valence-electron chi connectivity index (χ1n) is 10.6. The number of pyridine rings is 2. The van der Waals surface area contributed by atoms with E-state index in [2.05, 4.69) is 62.5 Å². The Morgan fingerprint density at radius 2 is 1.53 bits per heavy atom. The molecule has 0 fully saturated rings. The molecule has 0 aliphatic rings. The molecule has 0 saturated heterocycles. The van der Waals surface area contributed by atoms with Gasteiger partial charge in [-0.1, -0.05) is 18.2 Å². The molecule has 6 heteroatoms. The molecule has 0 unspecified atom stereocenters. The molecule has 1 aromatic carbocycles. The molecule has 0 aliphatic heterocycles. The summed E-state index contributed by atoms with van der Waals surface area (Å²) in [6.07, 6.45) is 7.35. The van der Waals surface area contributed by atoms with E-state index in [1.54, 1.807) is 0 Å². The average Bonchev–Trinajstić information content (AvgIpc) is 3.20. The number of nitrogens with one attached hydrogen (secondary N) is 1. The second-order valence-electron chi connectivity index (χ2n) is 8.03. The van der Waals surface area contributed by atoms with Crippen molar-refractivity contribution in [2.75, 3.05) is 5.32 Å². The number of rotatable bonds is 5. The monoisotopic (exact) mass is 420 g/mol. The fourth-order valence-electron chi connectivity index (χ4n) is 3.95. The van der Waals surface area contributed by atoms with E-state index in [9.17, 15) is 0 Å². The van der Waals surface area contributed by atoms with Crippen LogP contribution in [0.1, 0.15) is 22.5 Å². The Morgan fingerprint density at radius 1 is 0.781 bits per heavy atom. The average molecular weight is 421 g/mol. The molecule has 158 valence electrons. The van der Waals surface area contributed by atoms with Crippen LogP contribution in [0.15, 0.2) is 73.4 Å². The van der Waals surface area contributed by atoms with Crippen molar-refractivity contribution in [1.29, 1.82) is 0 Å². The third kappa shape index (κ3) is 3.95. The van der Waals surface area contributed by atoms with Gasteiger partial charge in [-0.15, -0.1) is 0 Å². The van der Waals surface area contributed by atoms with E-state index in [0.717, 1.165) is 34.1 Å². The Morgan fingerprint density at radius 3 is 2.28 bits per heavy atom. The lowest BCUT2D eigenvalue weighted by Gasteiger charge is -2.11. The molecule has 4 heterocycles. The molecule has 4 aromatic heterocycles. The van der Waals surface area contributed by atoms with Crippen LogP contribution >= 0.6 is 0 Å². The van der Waals surface area contributed by atoms with Gasteiger partial charge in [0.2, 0.25) is 5.95 Å². The minimum absolute atomic E-state index is 0.681. The smallest absolute Gasteiger partial charge is 0.209 e. The second-order valence-corrected chi connectivity index (χ2v) is 8.03. The molecule has 32 heavy (non-hydrogen) atoms. The van der Waals surface area contributed by atoms with Crippen molar-refractivity contribution in [2.45, 2.75) is 27.3 Å². The van der Waals surface area contributed by atoms with Crippen molar-refractivity contribution < 1.29 is 0 Å². The van der Waals surface area contributed by atoms with Crippen LogP contribution in [-0.2, 0) is 6.54 Å². The fraction of sp³-hybridized carbons (Fsp3) is 0.154. The Bertz CT molecular complexity index is 1420. The van der Waals surface area contributed by atoms with E-state index in [4.69, 9.17) is 0 Å². The van der Waals surface area contributed by atoms with Gasteiger partial charge in [-0.3, -0.25) is 14.4 Å². The number of imidazole rings is 1. The number of nitrogens with zero attached hydrogens (tertiary/aromatic N) is 5. The quantitative estimate of drug-likeness (QED) is 0.413. The first-order chi connectivity index (χ1) is 15.6. The Labute approximate surface area is 187 Å². The molecule has 0 aliphatic carbocycles. The molecule has 0 radical (unpaired) electrons. The number of anilines is 1. The molecular formula is C26H24N6. The van der Waals surface area contributed by atoms with Crippen LogP contribution in [0.4, 0.5) is 5.95 Å². The number of aromatic nitrogens is 5. The van der Waals surface area contributed by atoms with Gasteiger partial charge in [-0.2, -0.15) is 0 Å². The number of hydrogen-bond donors (Lipinski definition) is 1. The van der Waals surface area contributed by atoms with E-state index in [1.807, 2.05) is 61.4 Å². The van der Waals surface area contributed by atoms with Crippen LogP contribution in [0, 0.1) is 20.8 Å². The predicted molar refractivity (Wildman–Crippen MR) is 127 cm³/mol. The van der Waals surface area contributed by atoms with Gasteiger partial charge in [0.1, 0.15) is 6.33 Å². The molecule has 0 atom stereocenters. The van der Waals surface area contributed by atoms with Crippen molar-refractivity contribution in [1.82, 2.24) is 24.3 Å². The van der Waals surface area contributed by atoms with E-state index in [1.165, 1.54) is 22.3 Å². The van der Waals surface area contributed by atoms with Crippen molar-refractivity contribution in [3.63, 3.8) is 0 Å². The Balaban J connectivity index is 1.34. The lowest BCUT2D eigenvalue weighted by molar-refractivity contribution is 1.02. The second kappa shape index (κ2) is 8.23. The van der Waals surface area contributed by atoms with Gasteiger partial charge < -0.3 is 5.32 Å². The SMILES string of the molecule is Cc1cc(-c2cc3cnc(NCc4ccc(-c5ccnc(C)c5)c(C)c4)n3cn2)ccn1.